The molecule has 19 heteroatoms. The van der Waals surface area contributed by atoms with Crippen molar-refractivity contribution in [3.05, 3.63) is 63.4 Å². The molecule has 6 heterocycles. The summed E-state index contributed by atoms with van der Waals surface area (Å²) in [5, 5.41) is 50.7. The predicted molar refractivity (Wildman–Crippen MR) is 183 cm³/mol. The molecule has 3 N–H and O–H groups in total. The average Bonchev–Trinajstić information content (AvgIpc) is 3.92. The van der Waals surface area contributed by atoms with Gasteiger partial charge in [0.15, 0.2) is 5.82 Å². The van der Waals surface area contributed by atoms with Gasteiger partial charge >= 0.3 is 0 Å². The van der Waals surface area contributed by atoms with Gasteiger partial charge in [-0.3, -0.25) is 0 Å². The van der Waals surface area contributed by atoms with Gasteiger partial charge in [-0.1, -0.05) is 49.0 Å². The van der Waals surface area contributed by atoms with E-state index in [4.69, 9.17) is 0 Å². The molecule has 0 bridgehead atoms. The van der Waals surface area contributed by atoms with Crippen LogP contribution in [0.2, 0.25) is 0 Å². The molecular weight excluding hydrogens is 608 g/mol. The van der Waals surface area contributed by atoms with E-state index in [1.54, 1.807) is 55.6 Å². The number of thiazole rings is 1. The van der Waals surface area contributed by atoms with Crippen molar-refractivity contribution in [1.82, 2.24) is 91.6 Å². The van der Waals surface area contributed by atoms with Crippen molar-refractivity contribution < 1.29 is 0 Å². The van der Waals surface area contributed by atoms with E-state index in [-0.39, 0.29) is 7.43 Å². The largest absolute Gasteiger partial charge is 0.250 e. The zero-order chi connectivity index (χ0) is 35.0. The lowest BCUT2D eigenvalue weighted by Crippen LogP contribution is -1.92. The molecule has 6 aromatic rings. The number of aromatic nitrogens is 18. The number of H-pyrrole nitrogens is 3. The van der Waals surface area contributed by atoms with E-state index < -0.39 is 0 Å². The zero-order valence-electron chi connectivity index (χ0n) is 29.4. The Hall–Kier alpha value is -4.81. The quantitative estimate of drug-likeness (QED) is 0.198. The monoisotopic (exact) mass is 664 g/mol. The lowest BCUT2D eigenvalue weighted by molar-refractivity contribution is 0.629. The summed E-state index contributed by atoms with van der Waals surface area (Å²) in [7, 11) is 3.54. The number of hydrogen-bond acceptors (Lipinski definition) is 14. The molecule has 6 rings (SSSR count). The number of tetrazole rings is 2. The summed E-state index contributed by atoms with van der Waals surface area (Å²) in [4.78, 5) is 6.78. The number of nitrogens with one attached hydrogen (secondary N) is 3. The average molecular weight is 665 g/mol. The molecule has 0 aliphatic carbocycles. The Kier molecular flexibility index (Phi) is 34.6. The number of hydrogen-bond donors (Lipinski definition) is 3. The third-order valence-electron chi connectivity index (χ3n) is 4.03. The normalized spacial score (nSPS) is 8.15. The van der Waals surface area contributed by atoms with Crippen LogP contribution < -0.4 is 0 Å². The van der Waals surface area contributed by atoms with Crippen LogP contribution in [0.4, 0.5) is 0 Å². The molecule has 0 saturated carbocycles. The van der Waals surface area contributed by atoms with Crippen LogP contribution in [-0.4, -0.2) is 91.6 Å². The fraction of sp³-hybridized carbons (Fsp3) is 0.593. The van der Waals surface area contributed by atoms with Crippen LogP contribution >= 0.6 is 11.3 Å². The lowest BCUT2D eigenvalue weighted by Gasteiger charge is -1.81. The molecule has 18 nitrogen and oxygen atoms in total. The zero-order valence-corrected chi connectivity index (χ0v) is 30.2. The molecule has 0 aliphatic rings. The maximum atomic E-state index is 4.03. The van der Waals surface area contributed by atoms with Gasteiger partial charge in [-0.05, 0) is 64.1 Å². The SMILES string of the molecule is C.CC.CC.CC.Cc1cn[nH]n1.Cc1cn[nH]n1.Cc1cn[nH]n1.Cc1ncsc1C.Cc1nnn(C)n1.Cc1nnnn1C. The van der Waals surface area contributed by atoms with Crippen molar-refractivity contribution in [2.45, 2.75) is 97.4 Å². The molecule has 260 valence electrons. The van der Waals surface area contributed by atoms with Crippen LogP contribution in [0.3, 0.4) is 0 Å². The summed E-state index contributed by atoms with van der Waals surface area (Å²) in [5.74, 6) is 1.54. The summed E-state index contributed by atoms with van der Waals surface area (Å²) < 4.78 is 1.61. The maximum Gasteiger partial charge on any atom is 0.171 e. The van der Waals surface area contributed by atoms with E-state index in [9.17, 15) is 0 Å². The Morgan fingerprint density at radius 3 is 1.15 bits per heavy atom. The minimum Gasteiger partial charge on any atom is -0.250 e. The maximum absolute atomic E-state index is 4.03. The number of aromatic amines is 3. The van der Waals surface area contributed by atoms with Crippen molar-refractivity contribution in [3.63, 3.8) is 0 Å². The Bertz CT molecular complexity index is 1190. The van der Waals surface area contributed by atoms with Crippen molar-refractivity contribution in [2.75, 3.05) is 0 Å². The standard InChI is InChI=1S/C5H7NS.2C3H6N4.3C3H5N3.3C2H6.CH4/c1-4-5(2)7-3-6-4;1-3-4-5-6-7(3)2;1-3-4-6-7(2)5-3;3*1-3-2-4-6-5-3;3*1-2;/h3H,1-2H3;2*1-2H3;3*2H,1H3,(H,4,5,6);3*1-2H3;1H4. The number of rotatable bonds is 0. The first-order valence-corrected chi connectivity index (χ1v) is 15.2. The van der Waals surface area contributed by atoms with Crippen LogP contribution in [0, 0.1) is 48.5 Å². The highest BCUT2D eigenvalue weighted by atomic mass is 32.1. The molecule has 0 aliphatic heterocycles. The molecule has 0 radical (unpaired) electrons. The van der Waals surface area contributed by atoms with Crippen molar-refractivity contribution in [2.24, 2.45) is 14.1 Å². The molecule has 46 heavy (non-hydrogen) atoms. The predicted octanol–water partition coefficient (Wildman–Crippen LogP) is 4.85. The van der Waals surface area contributed by atoms with Crippen LogP contribution in [0.25, 0.3) is 0 Å². The summed E-state index contributed by atoms with van der Waals surface area (Å²) in [6.07, 6.45) is 5.00. The topological polar surface area (TPSA) is 225 Å². The molecule has 0 amide bonds. The molecule has 0 unspecified atom stereocenters. The highest BCUT2D eigenvalue weighted by molar-refractivity contribution is 7.09. The Labute approximate surface area is 277 Å². The smallest absolute Gasteiger partial charge is 0.171 e. The Balaban J connectivity index is -0.000000222. The van der Waals surface area contributed by atoms with Gasteiger partial charge < -0.3 is 0 Å². The summed E-state index contributed by atoms with van der Waals surface area (Å²) in [6.45, 7) is 25.4. The molecular formula is C27H56N18S. The van der Waals surface area contributed by atoms with Crippen molar-refractivity contribution >= 4 is 11.3 Å². The molecule has 0 fully saturated rings. The van der Waals surface area contributed by atoms with E-state index in [1.165, 1.54) is 9.67 Å². The highest BCUT2D eigenvalue weighted by Gasteiger charge is 1.89. The molecule has 0 saturated heterocycles. The number of aryl methyl sites for hydroxylation is 9. The van der Waals surface area contributed by atoms with E-state index in [2.05, 4.69) is 89.1 Å². The van der Waals surface area contributed by atoms with Crippen molar-refractivity contribution in [3.8, 4) is 0 Å². The third kappa shape index (κ3) is 28.0. The van der Waals surface area contributed by atoms with Crippen molar-refractivity contribution in [1.29, 1.82) is 0 Å². The fourth-order valence-corrected chi connectivity index (χ4v) is 2.38. The van der Waals surface area contributed by atoms with Crippen LogP contribution in [-0.2, 0) is 14.1 Å². The highest BCUT2D eigenvalue weighted by Crippen LogP contribution is 2.07. The van der Waals surface area contributed by atoms with Gasteiger partial charge in [0, 0.05) is 11.9 Å². The summed E-state index contributed by atoms with van der Waals surface area (Å²) >= 11 is 1.69. The van der Waals surface area contributed by atoms with Gasteiger partial charge in [0.2, 0.25) is 0 Å². The minimum absolute atomic E-state index is 0. The minimum atomic E-state index is 0. The van der Waals surface area contributed by atoms with E-state index in [0.29, 0.717) is 5.82 Å². The second kappa shape index (κ2) is 33.1. The number of nitrogens with zero attached hydrogens (tertiary/aromatic N) is 15. The van der Waals surface area contributed by atoms with Gasteiger partial charge in [-0.2, -0.15) is 51.0 Å². The van der Waals surface area contributed by atoms with Crippen LogP contribution in [0.1, 0.15) is 88.3 Å². The van der Waals surface area contributed by atoms with Gasteiger partial charge in [0.1, 0.15) is 5.82 Å². The first-order chi connectivity index (χ1) is 21.6. The summed E-state index contributed by atoms with van der Waals surface area (Å²) in [6, 6.07) is 0. The Morgan fingerprint density at radius 2 is 1.07 bits per heavy atom. The first-order valence-electron chi connectivity index (χ1n) is 14.3. The van der Waals surface area contributed by atoms with Gasteiger partial charge in [0.25, 0.3) is 0 Å². The van der Waals surface area contributed by atoms with Crippen LogP contribution in [0.5, 0.6) is 0 Å². The summed E-state index contributed by atoms with van der Waals surface area (Å²) in [5.41, 5.74) is 5.80. The fourth-order valence-electron chi connectivity index (χ4n) is 1.79. The van der Waals surface area contributed by atoms with Gasteiger partial charge in [-0.25, -0.2) is 9.67 Å². The first kappa shape index (κ1) is 48.1. The molecule has 0 spiro atoms. The lowest BCUT2D eigenvalue weighted by atomic mass is 10.4. The van der Waals surface area contributed by atoms with E-state index in [0.717, 1.165) is 28.6 Å². The molecule has 0 atom stereocenters. The van der Waals surface area contributed by atoms with Gasteiger partial charge in [0.05, 0.1) is 53.9 Å². The van der Waals surface area contributed by atoms with E-state index in [1.807, 2.05) is 81.7 Å². The van der Waals surface area contributed by atoms with Gasteiger partial charge in [-0.15, -0.1) is 26.6 Å². The second-order valence-electron chi connectivity index (χ2n) is 7.50. The Morgan fingerprint density at radius 1 is 0.630 bits per heavy atom. The third-order valence-corrected chi connectivity index (χ3v) is 4.89. The van der Waals surface area contributed by atoms with Crippen LogP contribution in [0.15, 0.2) is 24.1 Å². The molecule has 0 aromatic carbocycles. The van der Waals surface area contributed by atoms with E-state index >= 15 is 0 Å². The second-order valence-corrected chi connectivity index (χ2v) is 8.56. The molecule has 6 aromatic heterocycles.